The van der Waals surface area contributed by atoms with Crippen LogP contribution < -0.4 is 5.73 Å². The van der Waals surface area contributed by atoms with Gasteiger partial charge in [-0.15, -0.1) is 0 Å². The number of hydrogen-bond donors (Lipinski definition) is 1. The predicted octanol–water partition coefficient (Wildman–Crippen LogP) is 3.43. The molecule has 0 unspecified atom stereocenters. The summed E-state index contributed by atoms with van der Waals surface area (Å²) in [5.74, 6) is 0.451. The molecular weight excluding hydrogens is 257 g/mol. The number of nitrogen functional groups attached to an aromatic ring is 1. The lowest BCUT2D eigenvalue weighted by Gasteiger charge is -2.03. The Kier molecular flexibility index (Phi) is 2.95. The van der Waals surface area contributed by atoms with Crippen LogP contribution in [0.25, 0.3) is 22.8 Å². The van der Waals surface area contributed by atoms with Crippen LogP contribution >= 0.6 is 0 Å². The molecule has 0 fully saturated rings. The Bertz CT molecular complexity index is 750. The Balaban J connectivity index is 2.02. The van der Waals surface area contributed by atoms with Gasteiger partial charge in [0.2, 0.25) is 5.82 Å². The molecule has 20 heavy (non-hydrogen) atoms. The normalized spacial score (nSPS) is 10.7. The van der Waals surface area contributed by atoms with Gasteiger partial charge in [0.15, 0.2) is 0 Å². The Labute approximate surface area is 115 Å². The fourth-order valence-corrected chi connectivity index (χ4v) is 1.92. The van der Waals surface area contributed by atoms with Gasteiger partial charge in [-0.05, 0) is 42.8 Å². The smallest absolute Gasteiger partial charge is 0.260 e. The number of benzene rings is 2. The fourth-order valence-electron chi connectivity index (χ4n) is 1.92. The molecule has 0 saturated heterocycles. The molecule has 2 N–H and O–H groups in total. The van der Waals surface area contributed by atoms with Gasteiger partial charge >= 0.3 is 0 Å². The van der Waals surface area contributed by atoms with Crippen molar-refractivity contribution in [2.75, 3.05) is 5.73 Å². The average Bonchev–Trinajstić information content (AvgIpc) is 2.92. The van der Waals surface area contributed by atoms with Crippen LogP contribution in [0.1, 0.15) is 5.56 Å². The molecule has 0 aliphatic carbocycles. The summed E-state index contributed by atoms with van der Waals surface area (Å²) in [6.45, 7) is 1.91. The highest BCUT2D eigenvalue weighted by atomic mass is 19.1. The number of anilines is 1. The monoisotopic (exact) mass is 269 g/mol. The Morgan fingerprint density at radius 1 is 1.10 bits per heavy atom. The molecule has 0 spiro atoms. The molecule has 1 heterocycles. The van der Waals surface area contributed by atoms with Crippen LogP contribution in [-0.2, 0) is 0 Å². The summed E-state index contributed by atoms with van der Waals surface area (Å²) in [4.78, 5) is 4.30. The summed E-state index contributed by atoms with van der Waals surface area (Å²) in [5.41, 5.74) is 8.95. The molecule has 0 aliphatic heterocycles. The van der Waals surface area contributed by atoms with Crippen LogP contribution in [0.4, 0.5) is 10.1 Å². The second kappa shape index (κ2) is 4.77. The second-order valence-corrected chi connectivity index (χ2v) is 4.47. The molecule has 0 aliphatic rings. The van der Waals surface area contributed by atoms with E-state index in [1.807, 2.05) is 25.1 Å². The van der Waals surface area contributed by atoms with Crippen molar-refractivity contribution in [3.8, 4) is 22.8 Å². The van der Waals surface area contributed by atoms with Gasteiger partial charge < -0.3 is 10.3 Å². The van der Waals surface area contributed by atoms with Gasteiger partial charge in [0, 0.05) is 11.3 Å². The molecule has 0 bridgehead atoms. The van der Waals surface area contributed by atoms with E-state index in [4.69, 9.17) is 10.3 Å². The van der Waals surface area contributed by atoms with E-state index in [2.05, 4.69) is 10.1 Å². The topological polar surface area (TPSA) is 64.9 Å². The van der Waals surface area contributed by atoms with Gasteiger partial charge in [-0.2, -0.15) is 4.98 Å². The molecule has 100 valence electrons. The van der Waals surface area contributed by atoms with Crippen molar-refractivity contribution in [3.05, 3.63) is 53.8 Å². The van der Waals surface area contributed by atoms with Crippen molar-refractivity contribution in [2.45, 2.75) is 6.92 Å². The fraction of sp³-hybridized carbons (Fsp3) is 0.0667. The van der Waals surface area contributed by atoms with Crippen LogP contribution in [0.5, 0.6) is 0 Å². The van der Waals surface area contributed by atoms with Gasteiger partial charge in [0.25, 0.3) is 5.89 Å². The van der Waals surface area contributed by atoms with E-state index in [9.17, 15) is 4.39 Å². The molecule has 4 nitrogen and oxygen atoms in total. The lowest BCUT2D eigenvalue weighted by atomic mass is 10.1. The number of rotatable bonds is 2. The molecule has 3 aromatic rings. The molecular formula is C15H12FN3O. The van der Waals surface area contributed by atoms with Crippen molar-refractivity contribution < 1.29 is 8.91 Å². The molecule has 0 radical (unpaired) electrons. The first-order valence-electron chi connectivity index (χ1n) is 6.10. The van der Waals surface area contributed by atoms with E-state index in [0.717, 1.165) is 5.56 Å². The number of para-hydroxylation sites is 1. The number of nitrogens with zero attached hydrogens (tertiary/aromatic N) is 2. The minimum absolute atomic E-state index is 0.305. The number of halogens is 1. The Morgan fingerprint density at radius 3 is 2.60 bits per heavy atom. The highest BCUT2D eigenvalue weighted by Gasteiger charge is 2.13. The van der Waals surface area contributed by atoms with Gasteiger partial charge in [0.1, 0.15) is 5.82 Å². The molecule has 2 aromatic carbocycles. The molecule has 1 aromatic heterocycles. The summed E-state index contributed by atoms with van der Waals surface area (Å²) in [6.07, 6.45) is 0. The van der Waals surface area contributed by atoms with Crippen LogP contribution in [0.15, 0.2) is 47.0 Å². The van der Waals surface area contributed by atoms with Gasteiger partial charge in [-0.25, -0.2) is 4.39 Å². The van der Waals surface area contributed by atoms with E-state index in [1.165, 1.54) is 12.1 Å². The predicted molar refractivity (Wildman–Crippen MR) is 74.3 cm³/mol. The van der Waals surface area contributed by atoms with E-state index in [-0.39, 0.29) is 5.82 Å². The molecule has 0 saturated carbocycles. The minimum Gasteiger partial charge on any atom is -0.398 e. The summed E-state index contributed by atoms with van der Waals surface area (Å²) in [6, 6.07) is 11.5. The highest BCUT2D eigenvalue weighted by Crippen LogP contribution is 2.28. The number of aryl methyl sites for hydroxylation is 1. The van der Waals surface area contributed by atoms with Crippen LogP contribution in [0, 0.1) is 12.7 Å². The minimum atomic E-state index is -0.305. The maximum absolute atomic E-state index is 12.9. The maximum Gasteiger partial charge on any atom is 0.260 e. The van der Waals surface area contributed by atoms with Crippen molar-refractivity contribution >= 4 is 5.69 Å². The maximum atomic E-state index is 12.9. The SMILES string of the molecule is Cc1cccc(-c2nc(-c3ccc(F)cc3)no2)c1N. The number of hydrogen-bond acceptors (Lipinski definition) is 4. The number of aromatic nitrogens is 2. The van der Waals surface area contributed by atoms with Crippen molar-refractivity contribution in [3.63, 3.8) is 0 Å². The third-order valence-corrected chi connectivity index (χ3v) is 3.08. The summed E-state index contributed by atoms with van der Waals surface area (Å²) >= 11 is 0. The zero-order valence-electron chi connectivity index (χ0n) is 10.8. The third-order valence-electron chi connectivity index (χ3n) is 3.08. The van der Waals surface area contributed by atoms with Crippen molar-refractivity contribution in [1.29, 1.82) is 0 Å². The molecule has 3 rings (SSSR count). The van der Waals surface area contributed by atoms with E-state index in [1.54, 1.807) is 12.1 Å². The Hall–Kier alpha value is -2.69. The largest absolute Gasteiger partial charge is 0.398 e. The van der Waals surface area contributed by atoms with Crippen molar-refractivity contribution in [1.82, 2.24) is 10.1 Å². The summed E-state index contributed by atoms with van der Waals surface area (Å²) in [7, 11) is 0. The second-order valence-electron chi connectivity index (χ2n) is 4.47. The van der Waals surface area contributed by atoms with Crippen LogP contribution in [-0.4, -0.2) is 10.1 Å². The van der Waals surface area contributed by atoms with Crippen LogP contribution in [0.2, 0.25) is 0 Å². The van der Waals surface area contributed by atoms with E-state index in [0.29, 0.717) is 28.5 Å². The highest BCUT2D eigenvalue weighted by molar-refractivity contribution is 5.74. The van der Waals surface area contributed by atoms with Crippen molar-refractivity contribution in [2.24, 2.45) is 0 Å². The van der Waals surface area contributed by atoms with E-state index < -0.39 is 0 Å². The van der Waals surface area contributed by atoms with Crippen LogP contribution in [0.3, 0.4) is 0 Å². The first-order valence-corrected chi connectivity index (χ1v) is 6.10. The van der Waals surface area contributed by atoms with Gasteiger partial charge in [0.05, 0.1) is 5.56 Å². The Morgan fingerprint density at radius 2 is 1.85 bits per heavy atom. The number of nitrogens with two attached hydrogens (primary N) is 1. The standard InChI is InChI=1S/C15H12FN3O/c1-9-3-2-4-12(13(9)17)15-18-14(19-20-15)10-5-7-11(16)8-6-10/h2-8H,17H2,1H3. The molecule has 0 amide bonds. The zero-order chi connectivity index (χ0) is 14.1. The third kappa shape index (κ3) is 2.14. The quantitative estimate of drug-likeness (QED) is 0.724. The summed E-state index contributed by atoms with van der Waals surface area (Å²) < 4.78 is 18.1. The van der Waals surface area contributed by atoms with E-state index >= 15 is 0 Å². The first kappa shape index (κ1) is 12.3. The summed E-state index contributed by atoms with van der Waals surface area (Å²) in [5, 5.41) is 3.90. The lowest BCUT2D eigenvalue weighted by Crippen LogP contribution is -1.93. The molecule has 5 heteroatoms. The van der Waals surface area contributed by atoms with Gasteiger partial charge in [-0.3, -0.25) is 0 Å². The van der Waals surface area contributed by atoms with Gasteiger partial charge in [-0.1, -0.05) is 17.3 Å². The molecule has 0 atom stereocenters. The average molecular weight is 269 g/mol. The zero-order valence-corrected chi connectivity index (χ0v) is 10.8. The lowest BCUT2D eigenvalue weighted by molar-refractivity contribution is 0.432. The first-order chi connectivity index (χ1) is 9.65.